The molecule has 0 amide bonds. The third-order valence-corrected chi connectivity index (χ3v) is 4.57. The Balaban J connectivity index is 2.06. The molecule has 0 aliphatic carbocycles. The summed E-state index contributed by atoms with van der Waals surface area (Å²) in [5.74, 6) is -1.72. The smallest absolute Gasteiger partial charge is 0.433 e. The number of rotatable bonds is 3. The summed E-state index contributed by atoms with van der Waals surface area (Å²) in [4.78, 5) is 20.7. The number of carbonyl (C=O) groups is 1. The first kappa shape index (κ1) is 18.2. The second kappa shape index (κ2) is 6.58. The van der Waals surface area contributed by atoms with Gasteiger partial charge in [0.25, 0.3) is 0 Å². The van der Waals surface area contributed by atoms with Crippen LogP contribution in [0.1, 0.15) is 24.2 Å². The minimum absolute atomic E-state index is 0.0854. The minimum Gasteiger partial charge on any atom is -0.481 e. The van der Waals surface area contributed by atoms with E-state index in [4.69, 9.17) is 0 Å². The zero-order valence-corrected chi connectivity index (χ0v) is 14.3. The maximum Gasteiger partial charge on any atom is 0.433 e. The largest absolute Gasteiger partial charge is 0.481 e. The molecular weight excluding hydrogens is 351 g/mol. The fraction of sp³-hybridized carbons (Fsp3) is 0.500. The average Bonchev–Trinajstić information content (AvgIpc) is 2.93. The highest BCUT2D eigenvalue weighted by molar-refractivity contribution is 5.71. The SMILES string of the molecule is Cc1c(-c2cc(C(F)(F)F)nc(N3CCC[C@H](C(=O)O)C3)n2)cnn1C. The lowest BCUT2D eigenvalue weighted by atomic mass is 9.99. The topological polar surface area (TPSA) is 84.1 Å². The minimum atomic E-state index is -4.63. The highest BCUT2D eigenvalue weighted by Gasteiger charge is 2.35. The molecule has 1 aliphatic rings. The van der Waals surface area contributed by atoms with Crippen LogP contribution in [0.15, 0.2) is 12.3 Å². The first-order valence-electron chi connectivity index (χ1n) is 8.10. The van der Waals surface area contributed by atoms with Crippen LogP contribution in [0, 0.1) is 12.8 Å². The van der Waals surface area contributed by atoms with Crippen molar-refractivity contribution in [2.45, 2.75) is 25.9 Å². The van der Waals surface area contributed by atoms with E-state index in [1.54, 1.807) is 18.7 Å². The lowest BCUT2D eigenvalue weighted by Crippen LogP contribution is -2.40. The summed E-state index contributed by atoms with van der Waals surface area (Å²) in [6.45, 7) is 2.23. The molecule has 1 atom stereocenters. The van der Waals surface area contributed by atoms with E-state index in [0.29, 0.717) is 30.6 Å². The molecule has 1 saturated heterocycles. The van der Waals surface area contributed by atoms with Crippen LogP contribution >= 0.6 is 0 Å². The summed E-state index contributed by atoms with van der Waals surface area (Å²) in [7, 11) is 1.69. The van der Waals surface area contributed by atoms with Crippen LogP contribution in [0.5, 0.6) is 0 Å². The van der Waals surface area contributed by atoms with Gasteiger partial charge in [-0.1, -0.05) is 0 Å². The van der Waals surface area contributed by atoms with Crippen molar-refractivity contribution in [2.24, 2.45) is 13.0 Å². The van der Waals surface area contributed by atoms with E-state index < -0.39 is 23.8 Å². The van der Waals surface area contributed by atoms with Crippen molar-refractivity contribution in [1.82, 2.24) is 19.7 Å². The second-order valence-electron chi connectivity index (χ2n) is 6.33. The highest BCUT2D eigenvalue weighted by atomic mass is 19.4. The molecule has 26 heavy (non-hydrogen) atoms. The van der Waals surface area contributed by atoms with Crippen LogP contribution in [0.4, 0.5) is 19.1 Å². The molecule has 3 rings (SSSR count). The molecule has 0 saturated carbocycles. The van der Waals surface area contributed by atoms with E-state index in [9.17, 15) is 23.1 Å². The number of halogens is 3. The van der Waals surface area contributed by atoms with Gasteiger partial charge in [0.2, 0.25) is 5.95 Å². The standard InChI is InChI=1S/C16H18F3N5O2/c1-9-11(7-20-23(9)2)12-6-13(16(17,18)19)22-15(21-12)24-5-3-4-10(8-24)14(25)26/h6-7,10H,3-5,8H2,1-2H3,(H,25,26)/t10-/m0/s1. The molecule has 0 bridgehead atoms. The Morgan fingerprint density at radius 2 is 2.08 bits per heavy atom. The van der Waals surface area contributed by atoms with Crippen LogP contribution in [0.2, 0.25) is 0 Å². The summed E-state index contributed by atoms with van der Waals surface area (Å²) in [5.41, 5.74) is 0.210. The van der Waals surface area contributed by atoms with E-state index in [1.807, 2.05) is 0 Å². The van der Waals surface area contributed by atoms with Crippen LogP contribution in [0.3, 0.4) is 0 Å². The molecule has 0 aromatic carbocycles. The summed E-state index contributed by atoms with van der Waals surface area (Å²) < 4.78 is 41.5. The van der Waals surface area contributed by atoms with Gasteiger partial charge in [0.05, 0.1) is 17.8 Å². The van der Waals surface area contributed by atoms with Gasteiger partial charge < -0.3 is 10.0 Å². The number of anilines is 1. The summed E-state index contributed by atoms with van der Waals surface area (Å²) >= 11 is 0. The van der Waals surface area contributed by atoms with E-state index in [1.165, 1.54) is 11.1 Å². The number of hydrogen-bond acceptors (Lipinski definition) is 5. The molecule has 10 heteroatoms. The molecule has 2 aromatic heterocycles. The van der Waals surface area contributed by atoms with Gasteiger partial charge in [-0.2, -0.15) is 18.3 Å². The number of piperidine rings is 1. The number of carboxylic acid groups (broad SMARTS) is 1. The molecule has 0 spiro atoms. The zero-order chi connectivity index (χ0) is 19.1. The Morgan fingerprint density at radius 3 is 2.65 bits per heavy atom. The van der Waals surface area contributed by atoms with Crippen molar-refractivity contribution >= 4 is 11.9 Å². The predicted octanol–water partition coefficient (Wildman–Crippen LogP) is 2.51. The Bertz CT molecular complexity index is 834. The van der Waals surface area contributed by atoms with Crippen LogP contribution in [-0.2, 0) is 18.0 Å². The Kier molecular flexibility index (Phi) is 4.59. The van der Waals surface area contributed by atoms with Gasteiger partial charge in [-0.25, -0.2) is 9.97 Å². The Labute approximate surface area is 147 Å². The molecule has 1 aliphatic heterocycles. The molecule has 3 heterocycles. The molecule has 2 aromatic rings. The average molecular weight is 369 g/mol. The van der Waals surface area contributed by atoms with Crippen molar-refractivity contribution in [2.75, 3.05) is 18.0 Å². The second-order valence-corrected chi connectivity index (χ2v) is 6.33. The first-order valence-corrected chi connectivity index (χ1v) is 8.10. The molecular formula is C16H18F3N5O2. The quantitative estimate of drug-likeness (QED) is 0.895. The first-order chi connectivity index (χ1) is 12.2. The van der Waals surface area contributed by atoms with E-state index in [0.717, 1.165) is 6.07 Å². The van der Waals surface area contributed by atoms with Gasteiger partial charge in [0.1, 0.15) is 0 Å². The Hall–Kier alpha value is -2.65. The van der Waals surface area contributed by atoms with Gasteiger partial charge in [0.15, 0.2) is 5.69 Å². The highest BCUT2D eigenvalue weighted by Crippen LogP contribution is 2.33. The van der Waals surface area contributed by atoms with Crippen LogP contribution < -0.4 is 4.90 Å². The maximum atomic E-state index is 13.3. The maximum absolute atomic E-state index is 13.3. The van der Waals surface area contributed by atoms with E-state index >= 15 is 0 Å². The lowest BCUT2D eigenvalue weighted by Gasteiger charge is -2.31. The fourth-order valence-electron chi connectivity index (χ4n) is 2.97. The van der Waals surface area contributed by atoms with Crippen LogP contribution in [-0.4, -0.2) is 43.9 Å². The summed E-state index contributed by atoms with van der Waals surface area (Å²) in [5, 5.41) is 13.2. The molecule has 0 unspecified atom stereocenters. The number of alkyl halides is 3. The fourth-order valence-corrected chi connectivity index (χ4v) is 2.97. The normalized spacial score (nSPS) is 18.2. The predicted molar refractivity (Wildman–Crippen MR) is 86.5 cm³/mol. The number of hydrogen-bond donors (Lipinski definition) is 1. The van der Waals surface area contributed by atoms with Crippen molar-refractivity contribution in [1.29, 1.82) is 0 Å². The molecule has 140 valence electrons. The lowest BCUT2D eigenvalue weighted by molar-refractivity contribution is -0.142. The summed E-state index contributed by atoms with van der Waals surface area (Å²) in [6.07, 6.45) is -2.14. The van der Waals surface area contributed by atoms with Crippen molar-refractivity contribution in [3.8, 4) is 11.3 Å². The number of nitrogens with zero attached hydrogens (tertiary/aromatic N) is 5. The monoisotopic (exact) mass is 369 g/mol. The van der Waals surface area contributed by atoms with Crippen molar-refractivity contribution in [3.63, 3.8) is 0 Å². The van der Waals surface area contributed by atoms with Gasteiger partial charge in [-0.15, -0.1) is 0 Å². The van der Waals surface area contributed by atoms with Crippen molar-refractivity contribution < 1.29 is 23.1 Å². The zero-order valence-electron chi connectivity index (χ0n) is 14.3. The third-order valence-electron chi connectivity index (χ3n) is 4.57. The third kappa shape index (κ3) is 3.49. The number of carboxylic acids is 1. The van der Waals surface area contributed by atoms with Gasteiger partial charge >= 0.3 is 12.1 Å². The van der Waals surface area contributed by atoms with E-state index in [2.05, 4.69) is 15.1 Å². The van der Waals surface area contributed by atoms with Gasteiger partial charge in [0, 0.05) is 31.4 Å². The van der Waals surface area contributed by atoms with E-state index in [-0.39, 0.29) is 18.2 Å². The molecule has 7 nitrogen and oxygen atoms in total. The number of aliphatic carboxylic acids is 1. The molecule has 1 N–H and O–H groups in total. The molecule has 0 radical (unpaired) electrons. The Morgan fingerprint density at radius 1 is 1.35 bits per heavy atom. The number of aromatic nitrogens is 4. The number of aryl methyl sites for hydroxylation is 1. The van der Waals surface area contributed by atoms with Crippen molar-refractivity contribution in [3.05, 3.63) is 23.7 Å². The molecule has 1 fully saturated rings. The van der Waals surface area contributed by atoms with Gasteiger partial charge in [-0.05, 0) is 25.8 Å². The van der Waals surface area contributed by atoms with Gasteiger partial charge in [-0.3, -0.25) is 9.48 Å². The van der Waals surface area contributed by atoms with Crippen LogP contribution in [0.25, 0.3) is 11.3 Å². The summed E-state index contributed by atoms with van der Waals surface area (Å²) in [6, 6.07) is 0.895.